The molecule has 0 bridgehead atoms. The molecule has 21 heavy (non-hydrogen) atoms. The molecule has 0 aliphatic rings. The summed E-state index contributed by atoms with van der Waals surface area (Å²) in [4.78, 5) is 25.0. The van der Waals surface area contributed by atoms with Crippen molar-refractivity contribution in [2.75, 3.05) is 7.05 Å². The van der Waals surface area contributed by atoms with E-state index in [1.807, 2.05) is 13.0 Å². The highest BCUT2D eigenvalue weighted by molar-refractivity contribution is 9.11. The second-order valence-corrected chi connectivity index (χ2v) is 6.98. The van der Waals surface area contributed by atoms with Crippen molar-refractivity contribution in [1.82, 2.24) is 4.90 Å². The summed E-state index contributed by atoms with van der Waals surface area (Å²) in [6.45, 7) is 2.12. The molecule has 7 heteroatoms. The number of halogens is 1. The van der Waals surface area contributed by atoms with Crippen LogP contribution in [-0.2, 0) is 6.54 Å². The Hall–Kier alpha value is -1.73. The molecule has 0 saturated heterocycles. The lowest BCUT2D eigenvalue weighted by molar-refractivity contribution is -0.385. The number of amides is 1. The van der Waals surface area contributed by atoms with Gasteiger partial charge in [-0.2, -0.15) is 0 Å². The Kier molecular flexibility index (Phi) is 4.74. The van der Waals surface area contributed by atoms with Crippen molar-refractivity contribution in [2.24, 2.45) is 0 Å². The summed E-state index contributed by atoms with van der Waals surface area (Å²) in [6, 6.07) is 8.26. The Balaban J connectivity index is 2.20. The van der Waals surface area contributed by atoms with E-state index < -0.39 is 4.92 Å². The zero-order valence-corrected chi connectivity index (χ0v) is 13.9. The fraction of sp³-hybridized carbons (Fsp3) is 0.214. The zero-order chi connectivity index (χ0) is 15.6. The van der Waals surface area contributed by atoms with Crippen molar-refractivity contribution < 1.29 is 9.72 Å². The Labute approximate surface area is 134 Å². The Morgan fingerprint density at radius 2 is 2.10 bits per heavy atom. The first-order chi connectivity index (χ1) is 9.90. The van der Waals surface area contributed by atoms with Crippen molar-refractivity contribution in [3.05, 3.63) is 60.2 Å². The molecule has 0 unspecified atom stereocenters. The fourth-order valence-corrected chi connectivity index (χ4v) is 3.43. The lowest BCUT2D eigenvalue weighted by Gasteiger charge is -2.16. The number of nitro groups is 1. The molecule has 2 aromatic rings. The predicted molar refractivity (Wildman–Crippen MR) is 85.6 cm³/mol. The van der Waals surface area contributed by atoms with Gasteiger partial charge in [-0.3, -0.25) is 14.9 Å². The van der Waals surface area contributed by atoms with Gasteiger partial charge in [-0.05, 0) is 34.5 Å². The van der Waals surface area contributed by atoms with Crippen molar-refractivity contribution in [2.45, 2.75) is 13.5 Å². The number of hydrogen-bond donors (Lipinski definition) is 0. The summed E-state index contributed by atoms with van der Waals surface area (Å²) in [5.74, 6) is -0.146. The summed E-state index contributed by atoms with van der Waals surface area (Å²) in [5, 5.41) is 11.0. The molecule has 0 radical (unpaired) electrons. The molecule has 0 fully saturated rings. The maximum Gasteiger partial charge on any atom is 0.274 e. The number of nitro benzene ring substituents is 1. The maximum atomic E-state index is 12.3. The molecule has 0 aliphatic heterocycles. The normalized spacial score (nSPS) is 10.4. The third-order valence-electron chi connectivity index (χ3n) is 3.01. The fourth-order valence-electron chi connectivity index (χ4n) is 1.90. The number of thiophene rings is 1. The van der Waals surface area contributed by atoms with Gasteiger partial charge in [0, 0.05) is 18.7 Å². The largest absolute Gasteiger partial charge is 0.336 e. The summed E-state index contributed by atoms with van der Waals surface area (Å²) >= 11 is 4.75. The summed E-state index contributed by atoms with van der Waals surface area (Å²) in [5.41, 5.74) is 1.55. The molecule has 0 N–H and O–H groups in total. The third-order valence-corrected chi connectivity index (χ3v) is 5.14. The topological polar surface area (TPSA) is 63.5 Å². The van der Waals surface area contributed by atoms with Crippen molar-refractivity contribution in [1.29, 1.82) is 0 Å². The molecule has 1 heterocycles. The first-order valence-corrected chi connectivity index (χ1v) is 7.74. The molecule has 0 saturated carbocycles. The highest BCUT2D eigenvalue weighted by Crippen LogP contribution is 2.28. The smallest absolute Gasteiger partial charge is 0.274 e. The van der Waals surface area contributed by atoms with Crippen LogP contribution in [-0.4, -0.2) is 22.8 Å². The van der Waals surface area contributed by atoms with E-state index in [9.17, 15) is 14.9 Å². The van der Waals surface area contributed by atoms with Crippen LogP contribution < -0.4 is 0 Å². The molecular weight excluding hydrogens is 356 g/mol. The molecule has 1 aromatic heterocycles. The summed E-state index contributed by atoms with van der Waals surface area (Å²) in [6.07, 6.45) is 0. The zero-order valence-electron chi connectivity index (χ0n) is 11.5. The average molecular weight is 369 g/mol. The van der Waals surface area contributed by atoms with Gasteiger partial charge in [0.1, 0.15) is 0 Å². The Bertz CT molecular complexity index is 680. The number of carbonyl (C=O) groups is 1. The van der Waals surface area contributed by atoms with Crippen LogP contribution in [0.4, 0.5) is 5.69 Å². The van der Waals surface area contributed by atoms with Gasteiger partial charge < -0.3 is 4.90 Å². The van der Waals surface area contributed by atoms with Crippen LogP contribution in [0, 0.1) is 17.0 Å². The van der Waals surface area contributed by atoms with Crippen molar-refractivity contribution in [3.63, 3.8) is 0 Å². The molecule has 110 valence electrons. The van der Waals surface area contributed by atoms with E-state index in [0.717, 1.165) is 9.35 Å². The average Bonchev–Trinajstić information content (AvgIpc) is 2.78. The number of hydrogen-bond acceptors (Lipinski definition) is 4. The van der Waals surface area contributed by atoms with E-state index in [4.69, 9.17) is 0 Å². The van der Waals surface area contributed by atoms with Crippen LogP contribution in [0.25, 0.3) is 0 Å². The van der Waals surface area contributed by atoms with Gasteiger partial charge in [-0.15, -0.1) is 11.3 Å². The lowest BCUT2D eigenvalue weighted by Crippen LogP contribution is -2.25. The SMILES string of the molecule is Cc1cc(C(=O)N(C)Cc2ccccc2[N+](=O)[O-])sc1Br. The van der Waals surface area contributed by atoms with Gasteiger partial charge in [-0.1, -0.05) is 18.2 Å². The van der Waals surface area contributed by atoms with Crippen LogP contribution in [0.1, 0.15) is 20.8 Å². The maximum absolute atomic E-state index is 12.3. The monoisotopic (exact) mass is 368 g/mol. The van der Waals surface area contributed by atoms with E-state index in [-0.39, 0.29) is 18.1 Å². The van der Waals surface area contributed by atoms with Gasteiger partial charge >= 0.3 is 0 Å². The molecule has 1 aromatic carbocycles. The molecular formula is C14H13BrN2O3S. The molecule has 1 amide bonds. The minimum atomic E-state index is -0.431. The minimum absolute atomic E-state index is 0.0284. The van der Waals surface area contributed by atoms with Crippen LogP contribution in [0.3, 0.4) is 0 Å². The second kappa shape index (κ2) is 6.36. The van der Waals surface area contributed by atoms with Crippen molar-refractivity contribution in [3.8, 4) is 0 Å². The van der Waals surface area contributed by atoms with Gasteiger partial charge in [0.05, 0.1) is 20.1 Å². The predicted octanol–water partition coefficient (Wildman–Crippen LogP) is 4.00. The molecule has 0 aliphatic carbocycles. The standard InChI is InChI=1S/C14H13BrN2O3S/c1-9-7-12(21-13(9)15)14(18)16(2)8-10-5-3-4-6-11(10)17(19)20/h3-7H,8H2,1-2H3. The molecule has 0 atom stereocenters. The first kappa shape index (κ1) is 15.7. The van der Waals surface area contributed by atoms with E-state index in [0.29, 0.717) is 10.4 Å². The van der Waals surface area contributed by atoms with Crippen molar-refractivity contribution >= 4 is 38.9 Å². The number of aryl methyl sites for hydroxylation is 1. The first-order valence-electron chi connectivity index (χ1n) is 6.14. The number of para-hydroxylation sites is 1. The van der Waals surface area contributed by atoms with Gasteiger partial charge in [0.2, 0.25) is 0 Å². The van der Waals surface area contributed by atoms with E-state index in [2.05, 4.69) is 15.9 Å². The quantitative estimate of drug-likeness (QED) is 0.605. The lowest BCUT2D eigenvalue weighted by atomic mass is 10.1. The van der Waals surface area contributed by atoms with Crippen LogP contribution in [0.15, 0.2) is 34.1 Å². The Morgan fingerprint density at radius 3 is 2.67 bits per heavy atom. The number of rotatable bonds is 4. The minimum Gasteiger partial charge on any atom is -0.336 e. The van der Waals surface area contributed by atoms with Crippen LogP contribution >= 0.6 is 27.3 Å². The van der Waals surface area contributed by atoms with Gasteiger partial charge in [0.15, 0.2) is 0 Å². The number of carbonyl (C=O) groups excluding carboxylic acids is 1. The van der Waals surface area contributed by atoms with Gasteiger partial charge in [0.25, 0.3) is 11.6 Å². The van der Waals surface area contributed by atoms with E-state index >= 15 is 0 Å². The highest BCUT2D eigenvalue weighted by atomic mass is 79.9. The van der Waals surface area contributed by atoms with E-state index in [1.54, 1.807) is 25.2 Å². The summed E-state index contributed by atoms with van der Waals surface area (Å²) < 4.78 is 0.921. The molecule has 5 nitrogen and oxygen atoms in total. The third kappa shape index (κ3) is 3.48. The highest BCUT2D eigenvalue weighted by Gasteiger charge is 2.19. The molecule has 0 spiro atoms. The Morgan fingerprint density at radius 1 is 1.43 bits per heavy atom. The number of benzene rings is 1. The van der Waals surface area contributed by atoms with Gasteiger partial charge in [-0.25, -0.2) is 0 Å². The number of nitrogens with zero attached hydrogens (tertiary/aromatic N) is 2. The molecule has 2 rings (SSSR count). The second-order valence-electron chi connectivity index (χ2n) is 4.61. The summed E-state index contributed by atoms with van der Waals surface area (Å²) in [7, 11) is 1.64. The van der Waals surface area contributed by atoms with E-state index in [1.165, 1.54) is 22.3 Å². The van der Waals surface area contributed by atoms with Crippen LogP contribution in [0.5, 0.6) is 0 Å². The van der Waals surface area contributed by atoms with Crippen LogP contribution in [0.2, 0.25) is 0 Å².